The third-order valence-electron chi connectivity index (χ3n) is 3.16. The Morgan fingerprint density at radius 1 is 1.45 bits per heavy atom. The normalized spacial score (nSPS) is 15.2. The summed E-state index contributed by atoms with van der Waals surface area (Å²) >= 11 is 1.25. The van der Waals surface area contributed by atoms with Gasteiger partial charge < -0.3 is 0 Å². The second-order valence-corrected chi connectivity index (χ2v) is 5.94. The van der Waals surface area contributed by atoms with E-state index in [1.807, 2.05) is 6.92 Å². The van der Waals surface area contributed by atoms with E-state index in [1.165, 1.54) is 11.8 Å². The van der Waals surface area contributed by atoms with Crippen molar-refractivity contribution in [2.45, 2.75) is 49.7 Å². The van der Waals surface area contributed by atoms with E-state index in [0.29, 0.717) is 11.4 Å². The number of hydrogen-bond donors (Lipinski definition) is 0. The molecule has 1 aliphatic carbocycles. The van der Waals surface area contributed by atoms with E-state index in [4.69, 9.17) is 5.26 Å². The van der Waals surface area contributed by atoms with Crippen LogP contribution in [0.25, 0.3) is 0 Å². The van der Waals surface area contributed by atoms with Crippen LogP contribution in [0.3, 0.4) is 0 Å². The number of halogens is 3. The van der Waals surface area contributed by atoms with E-state index in [0.717, 1.165) is 31.7 Å². The zero-order valence-electron chi connectivity index (χ0n) is 11.1. The second kappa shape index (κ2) is 6.04. The topological polar surface area (TPSA) is 36.7 Å². The predicted molar refractivity (Wildman–Crippen MR) is 71.6 cm³/mol. The van der Waals surface area contributed by atoms with Gasteiger partial charge in [0.05, 0.1) is 11.1 Å². The van der Waals surface area contributed by atoms with Gasteiger partial charge in [0.15, 0.2) is 0 Å². The average Bonchev–Trinajstić information content (AvgIpc) is 3.21. The maximum atomic E-state index is 13.1. The Labute approximate surface area is 120 Å². The van der Waals surface area contributed by atoms with Crippen LogP contribution in [0.15, 0.2) is 11.1 Å². The molecule has 1 aliphatic rings. The summed E-state index contributed by atoms with van der Waals surface area (Å²) < 4.78 is 39.2. The molecule has 0 N–H and O–H groups in total. The van der Waals surface area contributed by atoms with Crippen molar-refractivity contribution in [3.05, 3.63) is 22.9 Å². The first kappa shape index (κ1) is 15.2. The summed E-state index contributed by atoms with van der Waals surface area (Å²) in [6.45, 7) is 2.01. The van der Waals surface area contributed by atoms with Gasteiger partial charge in [0, 0.05) is 11.6 Å². The zero-order valence-corrected chi connectivity index (χ0v) is 11.9. The Kier molecular flexibility index (Phi) is 4.59. The van der Waals surface area contributed by atoms with Gasteiger partial charge in [-0.3, -0.25) is 0 Å². The first-order valence-electron chi connectivity index (χ1n) is 6.62. The lowest BCUT2D eigenvalue weighted by Gasteiger charge is -2.13. The molecular weight excluding hydrogens is 285 g/mol. The van der Waals surface area contributed by atoms with Crippen molar-refractivity contribution in [1.29, 1.82) is 5.26 Å². The van der Waals surface area contributed by atoms with Crippen LogP contribution in [0.2, 0.25) is 0 Å². The van der Waals surface area contributed by atoms with Crippen molar-refractivity contribution >= 4 is 11.8 Å². The van der Waals surface area contributed by atoms with Gasteiger partial charge in [0.1, 0.15) is 11.1 Å². The van der Waals surface area contributed by atoms with E-state index < -0.39 is 11.7 Å². The number of alkyl halides is 3. The van der Waals surface area contributed by atoms with E-state index in [2.05, 4.69) is 4.98 Å². The molecule has 0 atom stereocenters. The van der Waals surface area contributed by atoms with Crippen molar-refractivity contribution < 1.29 is 13.2 Å². The van der Waals surface area contributed by atoms with Gasteiger partial charge in [-0.2, -0.15) is 18.4 Å². The van der Waals surface area contributed by atoms with Crippen molar-refractivity contribution in [3.63, 3.8) is 0 Å². The lowest BCUT2D eigenvalue weighted by molar-refractivity contribution is -0.138. The van der Waals surface area contributed by atoms with Crippen LogP contribution in [-0.4, -0.2) is 10.7 Å². The summed E-state index contributed by atoms with van der Waals surface area (Å²) in [4.78, 5) is 4.29. The zero-order chi connectivity index (χ0) is 14.8. The number of thioether (sulfide) groups is 1. The SMILES string of the molecule is CCCCSc1nc(C2CC2)cc(C(F)(F)F)c1C#N. The molecule has 0 aromatic carbocycles. The number of rotatable bonds is 5. The number of pyridine rings is 1. The molecular formula is C14H15F3N2S. The fraction of sp³-hybridized carbons (Fsp3) is 0.571. The van der Waals surface area contributed by atoms with Crippen LogP contribution in [0.1, 0.15) is 55.3 Å². The highest BCUT2D eigenvalue weighted by atomic mass is 32.2. The quantitative estimate of drug-likeness (QED) is 0.582. The first-order valence-corrected chi connectivity index (χ1v) is 7.61. The molecule has 1 fully saturated rings. The van der Waals surface area contributed by atoms with Crippen molar-refractivity contribution in [1.82, 2.24) is 4.98 Å². The molecule has 1 aromatic heterocycles. The summed E-state index contributed by atoms with van der Waals surface area (Å²) in [6.07, 6.45) is -0.877. The maximum Gasteiger partial charge on any atom is 0.417 e. The van der Waals surface area contributed by atoms with Gasteiger partial charge >= 0.3 is 6.18 Å². The minimum atomic E-state index is -4.50. The van der Waals surface area contributed by atoms with Gasteiger partial charge in [-0.15, -0.1) is 11.8 Å². The van der Waals surface area contributed by atoms with Gasteiger partial charge in [0.25, 0.3) is 0 Å². The van der Waals surface area contributed by atoms with Crippen LogP contribution in [-0.2, 0) is 6.18 Å². The van der Waals surface area contributed by atoms with Crippen molar-refractivity contribution in [2.24, 2.45) is 0 Å². The molecule has 0 bridgehead atoms. The fourth-order valence-electron chi connectivity index (χ4n) is 1.88. The van der Waals surface area contributed by atoms with Crippen molar-refractivity contribution in [3.8, 4) is 6.07 Å². The van der Waals surface area contributed by atoms with E-state index >= 15 is 0 Å². The van der Waals surface area contributed by atoms with Gasteiger partial charge in [-0.1, -0.05) is 13.3 Å². The highest BCUT2D eigenvalue weighted by Gasteiger charge is 2.37. The number of unbranched alkanes of at least 4 members (excludes halogenated alkanes) is 1. The molecule has 108 valence electrons. The minimum absolute atomic E-state index is 0.134. The third kappa shape index (κ3) is 3.45. The third-order valence-corrected chi connectivity index (χ3v) is 4.22. The molecule has 20 heavy (non-hydrogen) atoms. The lowest BCUT2D eigenvalue weighted by atomic mass is 10.1. The van der Waals surface area contributed by atoms with Crippen LogP contribution in [0.4, 0.5) is 13.2 Å². The monoisotopic (exact) mass is 300 g/mol. The summed E-state index contributed by atoms with van der Waals surface area (Å²) in [5.74, 6) is 0.818. The summed E-state index contributed by atoms with van der Waals surface area (Å²) in [6, 6.07) is 2.74. The van der Waals surface area contributed by atoms with Crippen LogP contribution < -0.4 is 0 Å². The highest BCUT2D eigenvalue weighted by molar-refractivity contribution is 7.99. The van der Waals surface area contributed by atoms with E-state index in [-0.39, 0.29) is 16.5 Å². The lowest BCUT2D eigenvalue weighted by Crippen LogP contribution is -2.11. The van der Waals surface area contributed by atoms with Gasteiger partial charge in [-0.25, -0.2) is 4.98 Å². The maximum absolute atomic E-state index is 13.1. The molecule has 1 heterocycles. The largest absolute Gasteiger partial charge is 0.417 e. The van der Waals surface area contributed by atoms with Gasteiger partial charge in [0.2, 0.25) is 0 Å². The summed E-state index contributed by atoms with van der Waals surface area (Å²) in [7, 11) is 0. The molecule has 0 amide bonds. The Hall–Kier alpha value is -1.22. The Bertz CT molecular complexity index is 530. The molecule has 0 unspecified atom stereocenters. The van der Waals surface area contributed by atoms with Crippen LogP contribution in [0, 0.1) is 11.3 Å². The molecule has 0 spiro atoms. The molecule has 0 radical (unpaired) electrons. The Balaban J connectivity index is 2.41. The molecule has 2 nitrogen and oxygen atoms in total. The smallest absolute Gasteiger partial charge is 0.245 e. The van der Waals surface area contributed by atoms with Crippen molar-refractivity contribution in [2.75, 3.05) is 5.75 Å². The molecule has 6 heteroatoms. The number of nitriles is 1. The summed E-state index contributed by atoms with van der Waals surface area (Å²) in [5, 5.41) is 9.29. The summed E-state index contributed by atoms with van der Waals surface area (Å²) in [5.41, 5.74) is -0.686. The number of nitrogens with zero attached hydrogens (tertiary/aromatic N) is 2. The Morgan fingerprint density at radius 3 is 2.65 bits per heavy atom. The average molecular weight is 300 g/mol. The molecule has 0 saturated heterocycles. The second-order valence-electron chi connectivity index (χ2n) is 4.86. The first-order chi connectivity index (χ1) is 9.47. The fourth-order valence-corrected chi connectivity index (χ4v) is 2.97. The highest BCUT2D eigenvalue weighted by Crippen LogP contribution is 2.43. The molecule has 0 aliphatic heterocycles. The standard InChI is InChI=1S/C14H15F3N2S/c1-2-3-6-20-13-10(8-18)11(14(15,16)17)7-12(19-13)9-4-5-9/h7,9H,2-6H2,1H3. The molecule has 2 rings (SSSR count). The van der Waals surface area contributed by atoms with Crippen LogP contribution >= 0.6 is 11.8 Å². The predicted octanol–water partition coefficient (Wildman–Crippen LogP) is 4.74. The van der Waals surface area contributed by atoms with E-state index in [9.17, 15) is 13.2 Å². The molecule has 1 saturated carbocycles. The molecule has 1 aromatic rings. The number of hydrogen-bond acceptors (Lipinski definition) is 3. The van der Waals surface area contributed by atoms with E-state index in [1.54, 1.807) is 6.07 Å². The Morgan fingerprint density at radius 2 is 2.15 bits per heavy atom. The van der Waals surface area contributed by atoms with Crippen LogP contribution in [0.5, 0.6) is 0 Å². The minimum Gasteiger partial charge on any atom is -0.245 e. The number of aromatic nitrogens is 1. The van der Waals surface area contributed by atoms with Gasteiger partial charge in [-0.05, 0) is 31.1 Å².